The van der Waals surface area contributed by atoms with Gasteiger partial charge in [-0.2, -0.15) is 0 Å². The Kier molecular flexibility index (Phi) is 9.37. The summed E-state index contributed by atoms with van der Waals surface area (Å²) in [5, 5.41) is 18.7. The van der Waals surface area contributed by atoms with E-state index in [2.05, 4.69) is 43.0 Å². The van der Waals surface area contributed by atoms with Crippen LogP contribution in [0.1, 0.15) is 43.9 Å². The summed E-state index contributed by atoms with van der Waals surface area (Å²) in [7, 11) is 0. The zero-order chi connectivity index (χ0) is 23.5. The number of anilines is 2. The molecule has 1 amide bonds. The van der Waals surface area contributed by atoms with Crippen LogP contribution in [0.2, 0.25) is 0 Å². The normalized spacial score (nSPS) is 13.6. The number of amides is 1. The molecule has 0 radical (unpaired) electrons. The van der Waals surface area contributed by atoms with Crippen LogP contribution in [0, 0.1) is 0 Å². The highest BCUT2D eigenvalue weighted by Crippen LogP contribution is 2.20. The molecule has 1 unspecified atom stereocenters. The average Bonchev–Trinajstić information content (AvgIpc) is 2.82. The molecule has 1 aliphatic heterocycles. The largest absolute Gasteiger partial charge is 0.480 e. The second-order valence-electron chi connectivity index (χ2n) is 8.23. The van der Waals surface area contributed by atoms with Crippen LogP contribution in [0.25, 0.3) is 0 Å². The van der Waals surface area contributed by atoms with Crippen molar-refractivity contribution in [1.82, 2.24) is 25.2 Å². The Hall–Kier alpha value is -3.27. The second-order valence-corrected chi connectivity index (χ2v) is 8.23. The van der Waals surface area contributed by atoms with Gasteiger partial charge in [-0.15, -0.1) is 0 Å². The van der Waals surface area contributed by atoms with E-state index >= 15 is 0 Å². The van der Waals surface area contributed by atoms with Crippen LogP contribution in [0.15, 0.2) is 30.7 Å². The molecule has 1 aliphatic rings. The number of carboxylic acid groups (broad SMARTS) is 1. The van der Waals surface area contributed by atoms with Crippen molar-refractivity contribution in [2.45, 2.75) is 51.5 Å². The standard InChI is InChI=1S/C23H33N7O3/c1-17(31)27-16-30(14-10-20(23(32)33)29-21-9-12-24-15-26-21)13-3-2-6-19-8-7-18-5-4-11-25-22(18)28-19/h7-9,12,15,20H,2-6,10-11,13-14,16H2,1H3,(H,25,28)(H,27,31)(H,32,33)(H,24,26,29). The first-order chi connectivity index (χ1) is 16.0. The van der Waals surface area contributed by atoms with Gasteiger partial charge in [-0.1, -0.05) is 6.07 Å². The fraction of sp³-hybridized carbons (Fsp3) is 0.522. The molecule has 178 valence electrons. The number of fused-ring (bicyclic) bond motifs is 1. The van der Waals surface area contributed by atoms with Crippen molar-refractivity contribution >= 4 is 23.5 Å². The third-order valence-corrected chi connectivity index (χ3v) is 5.60. The molecular formula is C23H33N7O3. The first kappa shape index (κ1) is 24.4. The molecule has 33 heavy (non-hydrogen) atoms. The van der Waals surface area contributed by atoms with Crippen molar-refractivity contribution in [3.63, 3.8) is 0 Å². The lowest BCUT2D eigenvalue weighted by Gasteiger charge is -2.24. The lowest BCUT2D eigenvalue weighted by Crippen LogP contribution is -2.40. The summed E-state index contributed by atoms with van der Waals surface area (Å²) in [6.07, 6.45) is 8.30. The van der Waals surface area contributed by atoms with Crippen molar-refractivity contribution in [1.29, 1.82) is 0 Å². The van der Waals surface area contributed by atoms with Crippen molar-refractivity contribution in [2.75, 3.05) is 36.9 Å². The number of hydrogen-bond donors (Lipinski definition) is 4. The summed E-state index contributed by atoms with van der Waals surface area (Å²) in [6, 6.07) is 5.13. The van der Waals surface area contributed by atoms with Gasteiger partial charge >= 0.3 is 5.97 Å². The summed E-state index contributed by atoms with van der Waals surface area (Å²) in [5.41, 5.74) is 2.37. The van der Waals surface area contributed by atoms with Gasteiger partial charge in [0.15, 0.2) is 0 Å². The number of aryl methyl sites for hydroxylation is 2. The minimum Gasteiger partial charge on any atom is -0.480 e. The maximum Gasteiger partial charge on any atom is 0.326 e. The zero-order valence-electron chi connectivity index (χ0n) is 19.1. The SMILES string of the molecule is CC(=O)NCN(CCCCc1ccc2c(n1)NCCC2)CCC(Nc1ccncn1)C(=O)O. The fourth-order valence-corrected chi connectivity index (χ4v) is 3.77. The van der Waals surface area contributed by atoms with Crippen LogP contribution in [0.5, 0.6) is 0 Å². The third-order valence-electron chi connectivity index (χ3n) is 5.60. The van der Waals surface area contributed by atoms with Gasteiger partial charge in [0, 0.05) is 31.9 Å². The van der Waals surface area contributed by atoms with E-state index in [1.807, 2.05) is 0 Å². The van der Waals surface area contributed by atoms with Crippen molar-refractivity contribution in [3.05, 3.63) is 42.0 Å². The van der Waals surface area contributed by atoms with E-state index in [1.54, 1.807) is 12.3 Å². The number of carbonyl (C=O) groups excluding carboxylic acids is 1. The second kappa shape index (κ2) is 12.7. The van der Waals surface area contributed by atoms with Crippen molar-refractivity contribution < 1.29 is 14.7 Å². The first-order valence-electron chi connectivity index (χ1n) is 11.5. The Morgan fingerprint density at radius 2 is 2.12 bits per heavy atom. The molecule has 10 heteroatoms. The van der Waals surface area contributed by atoms with Gasteiger partial charge in [0.25, 0.3) is 0 Å². The highest BCUT2D eigenvalue weighted by atomic mass is 16.4. The van der Waals surface area contributed by atoms with E-state index in [1.165, 1.54) is 18.8 Å². The molecule has 0 fully saturated rings. The predicted octanol–water partition coefficient (Wildman–Crippen LogP) is 1.90. The number of carboxylic acids is 1. The third kappa shape index (κ3) is 8.30. The van der Waals surface area contributed by atoms with E-state index in [0.29, 0.717) is 25.5 Å². The number of rotatable bonds is 13. The zero-order valence-corrected chi connectivity index (χ0v) is 19.1. The van der Waals surface area contributed by atoms with Crippen LogP contribution >= 0.6 is 0 Å². The van der Waals surface area contributed by atoms with Crippen LogP contribution in [-0.4, -0.2) is 69.2 Å². The first-order valence-corrected chi connectivity index (χ1v) is 11.5. The molecule has 0 aromatic carbocycles. The summed E-state index contributed by atoms with van der Waals surface area (Å²) in [4.78, 5) is 37.8. The van der Waals surface area contributed by atoms with Crippen LogP contribution in [0.4, 0.5) is 11.6 Å². The molecule has 1 atom stereocenters. The highest BCUT2D eigenvalue weighted by molar-refractivity contribution is 5.76. The number of aromatic nitrogens is 3. The monoisotopic (exact) mass is 455 g/mol. The van der Waals surface area contributed by atoms with E-state index in [9.17, 15) is 14.7 Å². The van der Waals surface area contributed by atoms with E-state index in [-0.39, 0.29) is 5.91 Å². The molecule has 0 bridgehead atoms. The van der Waals surface area contributed by atoms with E-state index in [0.717, 1.165) is 56.7 Å². The molecule has 0 saturated heterocycles. The Morgan fingerprint density at radius 3 is 2.88 bits per heavy atom. The predicted molar refractivity (Wildman–Crippen MR) is 126 cm³/mol. The summed E-state index contributed by atoms with van der Waals surface area (Å²) >= 11 is 0. The minimum absolute atomic E-state index is 0.111. The average molecular weight is 456 g/mol. The molecule has 0 aliphatic carbocycles. The Balaban J connectivity index is 1.47. The van der Waals surface area contributed by atoms with Gasteiger partial charge in [0.2, 0.25) is 5.91 Å². The number of nitrogens with zero attached hydrogens (tertiary/aromatic N) is 4. The smallest absolute Gasteiger partial charge is 0.326 e. The summed E-state index contributed by atoms with van der Waals surface area (Å²) in [5.74, 6) is 0.430. The van der Waals surface area contributed by atoms with Gasteiger partial charge in [0.1, 0.15) is 24.0 Å². The van der Waals surface area contributed by atoms with Crippen molar-refractivity contribution in [3.8, 4) is 0 Å². The van der Waals surface area contributed by atoms with Gasteiger partial charge in [-0.3, -0.25) is 9.69 Å². The molecule has 0 saturated carbocycles. The van der Waals surface area contributed by atoms with Gasteiger partial charge < -0.3 is 21.1 Å². The molecule has 3 rings (SSSR count). The summed E-state index contributed by atoms with van der Waals surface area (Å²) < 4.78 is 0. The Morgan fingerprint density at radius 1 is 1.24 bits per heavy atom. The lowest BCUT2D eigenvalue weighted by atomic mass is 10.1. The molecule has 10 nitrogen and oxygen atoms in total. The molecular weight excluding hydrogens is 422 g/mol. The van der Waals surface area contributed by atoms with E-state index in [4.69, 9.17) is 4.98 Å². The number of unbranched alkanes of at least 4 members (excludes halogenated alkanes) is 1. The number of hydrogen-bond acceptors (Lipinski definition) is 8. The van der Waals surface area contributed by atoms with Gasteiger partial charge in [0.05, 0.1) is 6.67 Å². The van der Waals surface area contributed by atoms with Gasteiger partial charge in [-0.25, -0.2) is 19.7 Å². The van der Waals surface area contributed by atoms with Crippen LogP contribution in [-0.2, 0) is 22.4 Å². The van der Waals surface area contributed by atoms with Crippen LogP contribution < -0.4 is 16.0 Å². The topological polar surface area (TPSA) is 132 Å². The number of nitrogens with one attached hydrogen (secondary N) is 3. The van der Waals surface area contributed by atoms with Crippen LogP contribution in [0.3, 0.4) is 0 Å². The number of carbonyl (C=O) groups is 2. The maximum atomic E-state index is 11.7. The molecule has 0 spiro atoms. The molecule has 2 aromatic heterocycles. The number of pyridine rings is 1. The minimum atomic E-state index is -0.944. The quantitative estimate of drug-likeness (QED) is 0.264. The lowest BCUT2D eigenvalue weighted by molar-refractivity contribution is -0.138. The molecule has 4 N–H and O–H groups in total. The molecule has 3 heterocycles. The maximum absolute atomic E-state index is 11.7. The van der Waals surface area contributed by atoms with Crippen molar-refractivity contribution in [2.24, 2.45) is 0 Å². The van der Waals surface area contributed by atoms with E-state index < -0.39 is 12.0 Å². The summed E-state index contributed by atoms with van der Waals surface area (Å²) in [6.45, 7) is 4.12. The molecule has 2 aromatic rings. The fourth-order valence-electron chi connectivity index (χ4n) is 3.77. The Labute approximate surface area is 194 Å². The number of aliphatic carboxylic acids is 1. The Bertz CT molecular complexity index is 910. The highest BCUT2D eigenvalue weighted by Gasteiger charge is 2.19. The van der Waals surface area contributed by atoms with Gasteiger partial charge in [-0.05, 0) is 62.8 Å².